The molecule has 0 spiro atoms. The van der Waals surface area contributed by atoms with Gasteiger partial charge < -0.3 is 10.3 Å². The predicted octanol–water partition coefficient (Wildman–Crippen LogP) is 5.20. The van der Waals surface area contributed by atoms with E-state index >= 15 is 0 Å². The third-order valence-corrected chi connectivity index (χ3v) is 6.75. The highest BCUT2D eigenvalue weighted by Gasteiger charge is 2.15. The van der Waals surface area contributed by atoms with E-state index in [0.717, 1.165) is 28.7 Å². The van der Waals surface area contributed by atoms with Gasteiger partial charge in [-0.1, -0.05) is 52.9 Å². The second-order valence-corrected chi connectivity index (χ2v) is 9.40. The van der Waals surface area contributed by atoms with Crippen LogP contribution in [0, 0.1) is 10.9 Å². The fourth-order valence-corrected chi connectivity index (χ4v) is 4.87. The highest BCUT2D eigenvalue weighted by Crippen LogP contribution is 2.25. The van der Waals surface area contributed by atoms with Crippen LogP contribution >= 0.6 is 46.9 Å². The van der Waals surface area contributed by atoms with Crippen LogP contribution in [0.5, 0.6) is 0 Å². The third-order valence-electron chi connectivity index (χ3n) is 4.26. The second kappa shape index (κ2) is 8.73. The molecule has 4 aromatic rings. The Morgan fingerprint density at radius 2 is 2.00 bits per heavy atom. The minimum Gasteiger partial charge on any atom is -0.325 e. The van der Waals surface area contributed by atoms with E-state index in [-0.39, 0.29) is 17.2 Å². The smallest absolute Gasteiger partial charge is 0.271 e. The lowest BCUT2D eigenvalue weighted by atomic mass is 10.2. The minimum atomic E-state index is -0.286. The molecule has 0 atom stereocenters. The van der Waals surface area contributed by atoms with Gasteiger partial charge in [0, 0.05) is 16.4 Å². The van der Waals surface area contributed by atoms with Crippen LogP contribution < -0.4 is 10.9 Å². The van der Waals surface area contributed by atoms with Gasteiger partial charge in [-0.2, -0.15) is 0 Å². The SMILES string of the molecule is Cc1ccccc1NC(=O)CSc1nc2c(sc(=S)n2-c2ccc(Cl)cc2)c(=O)[nH]1. The Kier molecular flexibility index (Phi) is 6.05. The molecule has 0 unspecified atom stereocenters. The number of fused-ring (bicyclic) bond motifs is 1. The first-order valence-electron chi connectivity index (χ1n) is 8.82. The van der Waals surface area contributed by atoms with Crippen LogP contribution in [0.4, 0.5) is 5.69 Å². The van der Waals surface area contributed by atoms with Crippen molar-refractivity contribution in [2.24, 2.45) is 0 Å². The number of aromatic amines is 1. The first kappa shape index (κ1) is 20.8. The van der Waals surface area contributed by atoms with E-state index in [4.69, 9.17) is 23.8 Å². The molecule has 10 heteroatoms. The van der Waals surface area contributed by atoms with Crippen molar-refractivity contribution in [3.63, 3.8) is 0 Å². The van der Waals surface area contributed by atoms with E-state index in [1.165, 1.54) is 11.3 Å². The summed E-state index contributed by atoms with van der Waals surface area (Å²) in [5.41, 5.74) is 2.67. The number of carbonyl (C=O) groups excluding carboxylic acids is 1. The number of thioether (sulfide) groups is 1. The maximum Gasteiger partial charge on any atom is 0.271 e. The van der Waals surface area contributed by atoms with Crippen LogP contribution in [0.15, 0.2) is 58.5 Å². The molecule has 0 fully saturated rings. The molecule has 2 N–H and O–H groups in total. The zero-order chi connectivity index (χ0) is 21.3. The molecule has 6 nitrogen and oxygen atoms in total. The number of hydrogen-bond acceptors (Lipinski definition) is 6. The highest BCUT2D eigenvalue weighted by molar-refractivity contribution is 7.99. The molecular weight excluding hydrogens is 460 g/mol. The topological polar surface area (TPSA) is 79.8 Å². The lowest BCUT2D eigenvalue weighted by molar-refractivity contribution is -0.113. The molecule has 30 heavy (non-hydrogen) atoms. The highest BCUT2D eigenvalue weighted by atomic mass is 35.5. The summed E-state index contributed by atoms with van der Waals surface area (Å²) in [7, 11) is 0. The number of nitrogens with one attached hydrogen (secondary N) is 2. The van der Waals surface area contributed by atoms with Gasteiger partial charge in [0.1, 0.15) is 4.70 Å². The predicted molar refractivity (Wildman–Crippen MR) is 126 cm³/mol. The molecule has 0 radical (unpaired) electrons. The molecule has 2 aromatic carbocycles. The minimum absolute atomic E-state index is 0.106. The second-order valence-electron chi connectivity index (χ2n) is 6.36. The number of H-pyrrole nitrogens is 1. The number of para-hydroxylation sites is 1. The van der Waals surface area contributed by atoms with E-state index < -0.39 is 0 Å². The number of benzene rings is 2. The number of hydrogen-bond donors (Lipinski definition) is 2. The van der Waals surface area contributed by atoms with E-state index in [1.54, 1.807) is 16.7 Å². The molecule has 2 heterocycles. The van der Waals surface area contributed by atoms with Gasteiger partial charge in [0.15, 0.2) is 14.8 Å². The Labute approximate surface area is 189 Å². The first-order valence-corrected chi connectivity index (χ1v) is 11.4. The first-order chi connectivity index (χ1) is 14.4. The largest absolute Gasteiger partial charge is 0.325 e. The Balaban J connectivity index is 1.61. The van der Waals surface area contributed by atoms with Gasteiger partial charge in [0.2, 0.25) is 5.91 Å². The van der Waals surface area contributed by atoms with Gasteiger partial charge in [-0.25, -0.2) is 4.98 Å². The summed E-state index contributed by atoms with van der Waals surface area (Å²) in [5, 5.41) is 3.82. The van der Waals surface area contributed by atoms with Crippen LogP contribution in [0.25, 0.3) is 16.0 Å². The maximum atomic E-state index is 12.6. The summed E-state index contributed by atoms with van der Waals surface area (Å²) in [4.78, 5) is 32.2. The van der Waals surface area contributed by atoms with Crippen molar-refractivity contribution in [3.8, 4) is 5.69 Å². The van der Waals surface area contributed by atoms with Crippen molar-refractivity contribution in [1.29, 1.82) is 0 Å². The van der Waals surface area contributed by atoms with Gasteiger partial charge >= 0.3 is 0 Å². The summed E-state index contributed by atoms with van der Waals surface area (Å²) >= 11 is 13.8. The van der Waals surface area contributed by atoms with Crippen LogP contribution in [-0.4, -0.2) is 26.2 Å². The summed E-state index contributed by atoms with van der Waals surface area (Å²) < 4.78 is 2.67. The number of carbonyl (C=O) groups is 1. The van der Waals surface area contributed by atoms with Crippen molar-refractivity contribution in [2.45, 2.75) is 12.1 Å². The standard InChI is InChI=1S/C20H15ClN4O2S3/c1-11-4-2-3-5-14(11)22-15(26)10-29-19-23-17-16(18(27)24-19)30-20(28)25(17)13-8-6-12(21)7-9-13/h2-9H,10H2,1H3,(H,22,26)(H,23,24,27). The monoisotopic (exact) mass is 474 g/mol. The zero-order valence-corrected chi connectivity index (χ0v) is 18.8. The lowest BCUT2D eigenvalue weighted by Crippen LogP contribution is -2.16. The molecule has 0 bridgehead atoms. The Morgan fingerprint density at radius 1 is 1.27 bits per heavy atom. The number of halogens is 1. The average Bonchev–Trinajstić information content (AvgIpc) is 3.05. The number of thiazole rings is 1. The molecule has 4 rings (SSSR count). The molecule has 0 aliphatic carbocycles. The molecule has 152 valence electrons. The van der Waals surface area contributed by atoms with Gasteiger partial charge in [-0.05, 0) is 55.0 Å². The number of aromatic nitrogens is 3. The molecule has 0 aliphatic heterocycles. The number of nitrogens with zero attached hydrogens (tertiary/aromatic N) is 2. The summed E-state index contributed by atoms with van der Waals surface area (Å²) in [6, 6.07) is 14.7. The number of amides is 1. The zero-order valence-electron chi connectivity index (χ0n) is 15.6. The van der Waals surface area contributed by atoms with Crippen LogP contribution in [0.1, 0.15) is 5.56 Å². The van der Waals surface area contributed by atoms with Gasteiger partial charge in [-0.15, -0.1) is 0 Å². The Hall–Kier alpha value is -2.46. The van der Waals surface area contributed by atoms with Crippen LogP contribution in [0.3, 0.4) is 0 Å². The normalized spacial score (nSPS) is 11.0. The Morgan fingerprint density at radius 3 is 2.73 bits per heavy atom. The van der Waals surface area contributed by atoms with E-state index in [0.29, 0.717) is 24.5 Å². The van der Waals surface area contributed by atoms with E-state index in [9.17, 15) is 9.59 Å². The Bertz CT molecular complexity index is 1360. The number of anilines is 1. The molecule has 1 amide bonds. The van der Waals surface area contributed by atoms with Crippen molar-refractivity contribution < 1.29 is 4.79 Å². The van der Waals surface area contributed by atoms with Crippen LogP contribution in [-0.2, 0) is 4.79 Å². The molecule has 0 saturated carbocycles. The van der Waals surface area contributed by atoms with Crippen LogP contribution in [0.2, 0.25) is 5.02 Å². The molecule has 2 aromatic heterocycles. The van der Waals surface area contributed by atoms with Crippen molar-refractivity contribution in [2.75, 3.05) is 11.1 Å². The number of aryl methyl sites for hydroxylation is 1. The van der Waals surface area contributed by atoms with Gasteiger partial charge in [0.05, 0.1) is 5.75 Å². The average molecular weight is 475 g/mol. The summed E-state index contributed by atoms with van der Waals surface area (Å²) in [6.45, 7) is 1.92. The third kappa shape index (κ3) is 4.34. The van der Waals surface area contributed by atoms with Gasteiger partial charge in [0.25, 0.3) is 5.56 Å². The fourth-order valence-electron chi connectivity index (χ4n) is 2.81. The van der Waals surface area contributed by atoms with Crippen molar-refractivity contribution >= 4 is 68.9 Å². The van der Waals surface area contributed by atoms with E-state index in [2.05, 4.69) is 15.3 Å². The molecule has 0 aliphatic rings. The number of rotatable bonds is 5. The quantitative estimate of drug-likeness (QED) is 0.236. The van der Waals surface area contributed by atoms with Crippen molar-refractivity contribution in [3.05, 3.63) is 73.4 Å². The maximum absolute atomic E-state index is 12.6. The van der Waals surface area contributed by atoms with E-state index in [1.807, 2.05) is 43.3 Å². The summed E-state index contributed by atoms with van der Waals surface area (Å²) in [5.74, 6) is -0.0777. The molecular formula is C20H15ClN4O2S3. The fraction of sp³-hybridized carbons (Fsp3) is 0.100. The van der Waals surface area contributed by atoms with Crippen molar-refractivity contribution in [1.82, 2.24) is 14.5 Å². The lowest BCUT2D eigenvalue weighted by Gasteiger charge is -2.08. The summed E-state index contributed by atoms with van der Waals surface area (Å²) in [6.07, 6.45) is 0. The van der Waals surface area contributed by atoms with Gasteiger partial charge in [-0.3, -0.25) is 14.2 Å². The molecule has 0 saturated heterocycles.